The highest BCUT2D eigenvalue weighted by Crippen LogP contribution is 2.58. The molecular formula is C32H26ClF3N4O5S. The van der Waals surface area contributed by atoms with Gasteiger partial charge in [-0.3, -0.25) is 9.36 Å². The average Bonchev–Trinajstić information content (AvgIpc) is 3.86. The van der Waals surface area contributed by atoms with E-state index in [1.54, 1.807) is 30.3 Å². The number of hydrogen-bond donors (Lipinski definition) is 0. The molecule has 0 N–H and O–H groups in total. The molecule has 1 fully saturated rings. The lowest BCUT2D eigenvalue weighted by atomic mass is 10.1. The third-order valence-corrected chi connectivity index (χ3v) is 9.98. The molecule has 0 aliphatic heterocycles. The van der Waals surface area contributed by atoms with Crippen molar-refractivity contribution in [3.05, 3.63) is 112 Å². The molecule has 1 saturated carbocycles. The highest BCUT2D eigenvalue weighted by molar-refractivity contribution is 7.92. The molecule has 2 heterocycles. The molecule has 5 aromatic rings. The van der Waals surface area contributed by atoms with Gasteiger partial charge in [0.25, 0.3) is 15.6 Å². The van der Waals surface area contributed by atoms with E-state index in [1.165, 1.54) is 73.5 Å². The van der Waals surface area contributed by atoms with Crippen LogP contribution in [-0.4, -0.2) is 43.6 Å². The van der Waals surface area contributed by atoms with Crippen molar-refractivity contribution in [3.8, 4) is 17.2 Å². The lowest BCUT2D eigenvalue weighted by Crippen LogP contribution is -2.31. The molecule has 0 amide bonds. The number of benzene rings is 3. The Morgan fingerprint density at radius 2 is 1.76 bits per heavy atom. The first-order chi connectivity index (χ1) is 21.9. The van der Waals surface area contributed by atoms with Gasteiger partial charge in [-0.1, -0.05) is 23.7 Å². The van der Waals surface area contributed by atoms with Gasteiger partial charge in [0.15, 0.2) is 5.82 Å². The van der Waals surface area contributed by atoms with Crippen LogP contribution in [0, 0.1) is 5.92 Å². The smallest absolute Gasteiger partial charge is 0.392 e. The molecule has 2 aromatic heterocycles. The lowest BCUT2D eigenvalue weighted by Gasteiger charge is -2.23. The third kappa shape index (κ3) is 5.87. The van der Waals surface area contributed by atoms with Crippen molar-refractivity contribution in [2.24, 2.45) is 5.92 Å². The molecule has 1 aliphatic carbocycles. The second-order valence-electron chi connectivity index (χ2n) is 10.7. The van der Waals surface area contributed by atoms with Crippen LogP contribution in [0.4, 0.5) is 19.0 Å². The summed E-state index contributed by atoms with van der Waals surface area (Å²) in [7, 11) is -1.34. The highest BCUT2D eigenvalue weighted by Gasteiger charge is 2.56. The molecule has 0 radical (unpaired) electrons. The first-order valence-corrected chi connectivity index (χ1v) is 15.8. The molecule has 0 saturated heterocycles. The van der Waals surface area contributed by atoms with Gasteiger partial charge in [-0.05, 0) is 84.1 Å². The number of fused-ring (bicyclic) bond motifs is 1. The molecule has 6 rings (SSSR count). The Kier molecular flexibility index (Phi) is 8.15. The van der Waals surface area contributed by atoms with Crippen molar-refractivity contribution < 1.29 is 31.1 Å². The van der Waals surface area contributed by atoms with Crippen LogP contribution in [0.25, 0.3) is 16.6 Å². The van der Waals surface area contributed by atoms with Gasteiger partial charge in [-0.25, -0.2) is 12.7 Å². The highest BCUT2D eigenvalue weighted by atomic mass is 35.5. The minimum Gasteiger partial charge on any atom is -0.497 e. The zero-order valence-electron chi connectivity index (χ0n) is 24.4. The minimum atomic E-state index is -4.35. The second-order valence-corrected chi connectivity index (χ2v) is 13.0. The van der Waals surface area contributed by atoms with Crippen molar-refractivity contribution in [3.63, 3.8) is 0 Å². The maximum Gasteiger partial charge on any atom is 0.392 e. The maximum atomic E-state index is 14.1. The van der Waals surface area contributed by atoms with E-state index in [0.717, 1.165) is 4.31 Å². The molecule has 9 nitrogen and oxygen atoms in total. The molecule has 46 heavy (non-hydrogen) atoms. The SMILES string of the molecule is COc1ccc(CN(c2cccnn2)S(=O)(=O)c2ccc3c(ccc(=O)n3-c3cc(Cl)c([C@@H]4C[C@H]4C(F)(F)F)cc3OC)c2)cc1. The number of methoxy groups -OCH3 is 2. The molecule has 0 spiro atoms. The Labute approximate surface area is 266 Å². The minimum absolute atomic E-state index is 0.0548. The van der Waals surface area contributed by atoms with Gasteiger partial charge < -0.3 is 9.47 Å². The van der Waals surface area contributed by atoms with Crippen LogP contribution in [0.3, 0.4) is 0 Å². The first kappa shape index (κ1) is 31.4. The number of halogens is 4. The van der Waals surface area contributed by atoms with Gasteiger partial charge in [0.2, 0.25) is 0 Å². The van der Waals surface area contributed by atoms with E-state index in [9.17, 15) is 26.4 Å². The summed E-state index contributed by atoms with van der Waals surface area (Å²) in [5.41, 5.74) is 1.00. The van der Waals surface area contributed by atoms with E-state index in [0.29, 0.717) is 22.2 Å². The Bertz CT molecular complexity index is 2090. The van der Waals surface area contributed by atoms with Gasteiger partial charge in [0.05, 0.1) is 42.8 Å². The monoisotopic (exact) mass is 670 g/mol. The van der Waals surface area contributed by atoms with Gasteiger partial charge in [-0.15, -0.1) is 5.10 Å². The van der Waals surface area contributed by atoms with E-state index >= 15 is 0 Å². The zero-order valence-corrected chi connectivity index (χ0v) is 26.0. The normalized spacial score (nSPS) is 16.3. The fourth-order valence-corrected chi connectivity index (χ4v) is 7.19. The summed E-state index contributed by atoms with van der Waals surface area (Å²) in [6.07, 6.45) is -2.99. The quantitative estimate of drug-likeness (QED) is 0.176. The van der Waals surface area contributed by atoms with Gasteiger partial charge in [-0.2, -0.15) is 18.3 Å². The van der Waals surface area contributed by atoms with Crippen molar-refractivity contribution in [1.82, 2.24) is 14.8 Å². The molecule has 1 aliphatic rings. The number of pyridine rings is 1. The summed E-state index contributed by atoms with van der Waals surface area (Å²) in [6, 6.07) is 19.9. The molecule has 3 aromatic carbocycles. The zero-order chi connectivity index (χ0) is 32.8. The lowest BCUT2D eigenvalue weighted by molar-refractivity contribution is -0.148. The van der Waals surface area contributed by atoms with Crippen LogP contribution in [0.15, 0.2) is 94.7 Å². The van der Waals surface area contributed by atoms with E-state index in [2.05, 4.69) is 10.2 Å². The van der Waals surface area contributed by atoms with Gasteiger partial charge >= 0.3 is 6.18 Å². The fourth-order valence-electron chi connectivity index (χ4n) is 5.45. The summed E-state index contributed by atoms with van der Waals surface area (Å²) >= 11 is 6.48. The second kappa shape index (κ2) is 12.0. The van der Waals surface area contributed by atoms with Crippen molar-refractivity contribution >= 4 is 38.3 Å². The molecular weight excluding hydrogens is 645 g/mol. The first-order valence-electron chi connectivity index (χ1n) is 14.0. The van der Waals surface area contributed by atoms with E-state index in [-0.39, 0.29) is 45.7 Å². The predicted octanol–water partition coefficient (Wildman–Crippen LogP) is 6.51. The van der Waals surface area contributed by atoms with Crippen LogP contribution in [-0.2, 0) is 16.6 Å². The van der Waals surface area contributed by atoms with Crippen LogP contribution in [0.2, 0.25) is 5.02 Å². The van der Waals surface area contributed by atoms with Gasteiger partial charge in [0.1, 0.15) is 11.5 Å². The summed E-state index contributed by atoms with van der Waals surface area (Å²) in [6.45, 7) is -0.0548. The van der Waals surface area contributed by atoms with Crippen LogP contribution in [0.5, 0.6) is 11.5 Å². The Balaban J connectivity index is 1.42. The Morgan fingerprint density at radius 3 is 2.39 bits per heavy atom. The number of sulfonamides is 1. The molecule has 14 heteroatoms. The number of anilines is 1. The van der Waals surface area contributed by atoms with Crippen molar-refractivity contribution in [1.29, 1.82) is 0 Å². The Hall–Kier alpha value is -4.62. The molecule has 2 atom stereocenters. The van der Waals surface area contributed by atoms with Crippen LogP contribution >= 0.6 is 11.6 Å². The van der Waals surface area contributed by atoms with E-state index in [1.807, 2.05) is 0 Å². The van der Waals surface area contributed by atoms with Crippen LogP contribution in [0.1, 0.15) is 23.5 Å². The van der Waals surface area contributed by atoms with Crippen LogP contribution < -0.4 is 19.3 Å². The number of hydrogen-bond acceptors (Lipinski definition) is 7. The standard InChI is InChI=1S/C32H26ClF3N4O5S/c1-44-21-8-5-19(6-9-21)18-39(30-4-3-13-37-38-30)46(42,43)22-10-11-27-20(14-22)7-12-31(41)40(27)28-17-26(33)24(16-29(28)45-2)23-15-25(23)32(34,35)36/h3-14,16-17,23,25H,15,18H2,1-2H3/t23-,25+/m0/s1. The van der Waals surface area contributed by atoms with E-state index < -0.39 is 33.6 Å². The maximum absolute atomic E-state index is 14.1. The fraction of sp³-hybridized carbons (Fsp3) is 0.219. The number of ether oxygens (including phenoxy) is 2. The largest absolute Gasteiger partial charge is 0.497 e. The summed E-state index contributed by atoms with van der Waals surface area (Å²) in [4.78, 5) is 13.1. The van der Waals surface area contributed by atoms with Crippen molar-refractivity contribution in [2.75, 3.05) is 18.5 Å². The topological polar surface area (TPSA) is 104 Å². The Morgan fingerprint density at radius 1 is 1.00 bits per heavy atom. The number of nitrogens with zero attached hydrogens (tertiary/aromatic N) is 4. The average molecular weight is 671 g/mol. The van der Waals surface area contributed by atoms with E-state index in [4.69, 9.17) is 21.1 Å². The summed E-state index contributed by atoms with van der Waals surface area (Å²) < 4.78 is 81.2. The molecule has 0 bridgehead atoms. The molecule has 0 unspecified atom stereocenters. The molecule has 238 valence electrons. The summed E-state index contributed by atoms with van der Waals surface area (Å²) in [5, 5.41) is 8.35. The van der Waals surface area contributed by atoms with Gasteiger partial charge in [0, 0.05) is 22.7 Å². The number of alkyl halides is 3. The third-order valence-electron chi connectivity index (χ3n) is 7.90. The summed E-state index contributed by atoms with van der Waals surface area (Å²) in [5.74, 6) is -1.43. The van der Waals surface area contributed by atoms with Crippen molar-refractivity contribution in [2.45, 2.75) is 30.0 Å². The predicted molar refractivity (Wildman–Crippen MR) is 166 cm³/mol. The number of aromatic nitrogens is 3. The number of rotatable bonds is 9.